The van der Waals surface area contributed by atoms with Crippen LogP contribution in [-0.2, 0) is 0 Å². The molecular formula is C15H25. The first-order valence-corrected chi connectivity index (χ1v) is 5.78. The summed E-state index contributed by atoms with van der Waals surface area (Å²) in [4.78, 5) is 0. The summed E-state index contributed by atoms with van der Waals surface area (Å²) in [6.07, 6.45) is 12.4. The maximum Gasteiger partial charge on any atom is -0.0130 e. The Morgan fingerprint density at radius 1 is 0.867 bits per heavy atom. The van der Waals surface area contributed by atoms with Crippen LogP contribution in [0.25, 0.3) is 0 Å². The third-order valence-corrected chi connectivity index (χ3v) is 2.16. The van der Waals surface area contributed by atoms with Crippen LogP contribution in [0, 0.1) is 6.42 Å². The van der Waals surface area contributed by atoms with Crippen LogP contribution in [-0.4, -0.2) is 0 Å². The predicted octanol–water partition coefficient (Wildman–Crippen LogP) is 5.24. The first kappa shape index (κ1) is 14.2. The predicted molar refractivity (Wildman–Crippen MR) is 70.8 cm³/mol. The average molecular weight is 205 g/mol. The van der Waals surface area contributed by atoms with E-state index in [1.165, 1.54) is 29.6 Å². The Morgan fingerprint density at radius 3 is 2.00 bits per heavy atom. The van der Waals surface area contributed by atoms with E-state index in [1.54, 1.807) is 0 Å². The van der Waals surface area contributed by atoms with Gasteiger partial charge in [-0.1, -0.05) is 34.9 Å². The molecule has 0 heterocycles. The van der Waals surface area contributed by atoms with Gasteiger partial charge < -0.3 is 0 Å². The van der Waals surface area contributed by atoms with E-state index in [-0.39, 0.29) is 0 Å². The lowest BCUT2D eigenvalue weighted by molar-refractivity contribution is 0.962. The molecule has 0 amide bonds. The lowest BCUT2D eigenvalue weighted by Crippen LogP contribution is -1.78. The van der Waals surface area contributed by atoms with Crippen LogP contribution in [0.15, 0.2) is 34.9 Å². The summed E-state index contributed by atoms with van der Waals surface area (Å²) in [7, 11) is 0. The van der Waals surface area contributed by atoms with Crippen molar-refractivity contribution >= 4 is 0 Å². The van der Waals surface area contributed by atoms with Gasteiger partial charge in [-0.2, -0.15) is 0 Å². The molecule has 0 heteroatoms. The molecule has 0 atom stereocenters. The van der Waals surface area contributed by atoms with Crippen molar-refractivity contribution in [3.05, 3.63) is 41.4 Å². The molecule has 0 aromatic carbocycles. The molecule has 15 heavy (non-hydrogen) atoms. The molecule has 0 aliphatic heterocycles. The van der Waals surface area contributed by atoms with Crippen LogP contribution in [0.4, 0.5) is 0 Å². The molecule has 0 aliphatic carbocycles. The molecule has 0 fully saturated rings. The van der Waals surface area contributed by atoms with Gasteiger partial charge in [-0.3, -0.25) is 0 Å². The normalized spacial score (nSPS) is 11.1. The molecule has 0 N–H and O–H groups in total. The molecule has 0 unspecified atom stereocenters. The summed E-state index contributed by atoms with van der Waals surface area (Å²) in [5, 5.41) is 0. The Hall–Kier alpha value is -0.780. The Labute approximate surface area is 95.8 Å². The smallest absolute Gasteiger partial charge is 0.0130 e. The quantitative estimate of drug-likeness (QED) is 0.411. The van der Waals surface area contributed by atoms with E-state index in [0.29, 0.717) is 0 Å². The molecule has 0 aliphatic rings. The molecule has 0 saturated heterocycles. The van der Waals surface area contributed by atoms with E-state index in [9.17, 15) is 0 Å². The lowest BCUT2D eigenvalue weighted by Gasteiger charge is -1.98. The summed E-state index contributed by atoms with van der Waals surface area (Å²) in [5.41, 5.74) is 4.27. The minimum Gasteiger partial charge on any atom is -0.0856 e. The Bertz CT molecular complexity index is 243. The maximum atomic E-state index is 2.30. The first-order valence-electron chi connectivity index (χ1n) is 5.78. The van der Waals surface area contributed by atoms with Gasteiger partial charge in [0.15, 0.2) is 0 Å². The SMILES string of the molecule is CC(C)=CC[CH]/C=C(\C)CCC=C(C)C. The van der Waals surface area contributed by atoms with Gasteiger partial charge in [0, 0.05) is 0 Å². The highest BCUT2D eigenvalue weighted by molar-refractivity contribution is 5.10. The fraction of sp³-hybridized carbons (Fsp3) is 0.533. The van der Waals surface area contributed by atoms with Crippen molar-refractivity contribution in [1.29, 1.82) is 0 Å². The Balaban J connectivity index is 3.70. The van der Waals surface area contributed by atoms with E-state index >= 15 is 0 Å². The second-order valence-electron chi connectivity index (χ2n) is 4.59. The van der Waals surface area contributed by atoms with Crippen LogP contribution in [0.2, 0.25) is 0 Å². The van der Waals surface area contributed by atoms with Gasteiger partial charge in [0.1, 0.15) is 0 Å². The van der Waals surface area contributed by atoms with Gasteiger partial charge in [-0.15, -0.1) is 0 Å². The topological polar surface area (TPSA) is 0 Å². The van der Waals surface area contributed by atoms with E-state index in [1.807, 2.05) is 0 Å². The third kappa shape index (κ3) is 11.1. The molecule has 0 rings (SSSR count). The molecule has 1 radical (unpaired) electrons. The van der Waals surface area contributed by atoms with Gasteiger partial charge in [0.2, 0.25) is 0 Å². The number of rotatable bonds is 6. The lowest BCUT2D eigenvalue weighted by atomic mass is 10.1. The second kappa shape index (κ2) is 8.52. The van der Waals surface area contributed by atoms with Crippen molar-refractivity contribution in [2.24, 2.45) is 0 Å². The van der Waals surface area contributed by atoms with Crippen molar-refractivity contribution < 1.29 is 0 Å². The van der Waals surface area contributed by atoms with Crippen molar-refractivity contribution in [2.75, 3.05) is 0 Å². The molecule has 0 saturated carbocycles. The van der Waals surface area contributed by atoms with Crippen LogP contribution >= 0.6 is 0 Å². The summed E-state index contributed by atoms with van der Waals surface area (Å²) >= 11 is 0. The Morgan fingerprint density at radius 2 is 1.47 bits per heavy atom. The molecular weight excluding hydrogens is 180 g/mol. The zero-order valence-corrected chi connectivity index (χ0v) is 10.9. The first-order chi connectivity index (χ1) is 7.02. The monoisotopic (exact) mass is 205 g/mol. The maximum absolute atomic E-state index is 2.30. The summed E-state index contributed by atoms with van der Waals surface area (Å²) in [6.45, 7) is 10.8. The van der Waals surface area contributed by atoms with Crippen molar-refractivity contribution in [2.45, 2.75) is 53.9 Å². The van der Waals surface area contributed by atoms with Crippen molar-refractivity contribution in [3.8, 4) is 0 Å². The number of unbranched alkanes of at least 4 members (excludes halogenated alkanes) is 1. The van der Waals surface area contributed by atoms with Crippen LogP contribution in [0.5, 0.6) is 0 Å². The van der Waals surface area contributed by atoms with E-state index in [2.05, 4.69) is 59.3 Å². The average Bonchev–Trinajstić information content (AvgIpc) is 2.11. The molecule has 85 valence electrons. The minimum absolute atomic E-state index is 1.06. The second-order valence-corrected chi connectivity index (χ2v) is 4.59. The van der Waals surface area contributed by atoms with Crippen molar-refractivity contribution in [1.82, 2.24) is 0 Å². The highest BCUT2D eigenvalue weighted by Crippen LogP contribution is 2.08. The molecule has 0 bridgehead atoms. The molecule has 0 aromatic rings. The van der Waals surface area contributed by atoms with Crippen LogP contribution in [0.1, 0.15) is 53.9 Å². The summed E-state index contributed by atoms with van der Waals surface area (Å²) in [5.74, 6) is 0. The fourth-order valence-corrected chi connectivity index (χ4v) is 1.24. The zero-order valence-electron chi connectivity index (χ0n) is 10.9. The highest BCUT2D eigenvalue weighted by Gasteiger charge is 1.88. The van der Waals surface area contributed by atoms with Gasteiger partial charge in [-0.05, 0) is 60.3 Å². The summed E-state index contributed by atoms with van der Waals surface area (Å²) in [6, 6.07) is 0. The Kier molecular flexibility index (Phi) is 8.08. The van der Waals surface area contributed by atoms with Gasteiger partial charge >= 0.3 is 0 Å². The molecule has 0 aromatic heterocycles. The van der Waals surface area contributed by atoms with Crippen LogP contribution in [0.3, 0.4) is 0 Å². The van der Waals surface area contributed by atoms with Gasteiger partial charge in [0.05, 0.1) is 0 Å². The standard InChI is InChI=1S/C15H25/c1-13(2)9-6-7-11-15(5)12-8-10-14(3)4/h7,9-11H,6,8,12H2,1-5H3/b15-11+. The van der Waals surface area contributed by atoms with Crippen LogP contribution < -0.4 is 0 Å². The van der Waals surface area contributed by atoms with Gasteiger partial charge in [0.25, 0.3) is 0 Å². The number of hydrogen-bond acceptors (Lipinski definition) is 0. The van der Waals surface area contributed by atoms with Gasteiger partial charge in [-0.25, -0.2) is 0 Å². The van der Waals surface area contributed by atoms with E-state index in [0.717, 1.165) is 6.42 Å². The molecule has 0 spiro atoms. The minimum atomic E-state index is 1.06. The largest absolute Gasteiger partial charge is 0.0856 e. The van der Waals surface area contributed by atoms with E-state index < -0.39 is 0 Å². The number of hydrogen-bond donors (Lipinski definition) is 0. The molecule has 0 nitrogen and oxygen atoms in total. The van der Waals surface area contributed by atoms with Crippen molar-refractivity contribution in [3.63, 3.8) is 0 Å². The number of allylic oxidation sites excluding steroid dienone is 6. The zero-order chi connectivity index (χ0) is 11.7. The third-order valence-electron chi connectivity index (χ3n) is 2.16. The summed E-state index contributed by atoms with van der Waals surface area (Å²) < 4.78 is 0. The fourth-order valence-electron chi connectivity index (χ4n) is 1.24. The highest BCUT2D eigenvalue weighted by atomic mass is 13.9. The van der Waals surface area contributed by atoms with E-state index in [4.69, 9.17) is 0 Å².